The maximum absolute atomic E-state index is 12.0. The number of anilines is 1. The molecule has 0 aromatic carbocycles. The van der Waals surface area contributed by atoms with Crippen molar-refractivity contribution in [2.45, 2.75) is 45.6 Å². The molecule has 0 atom stereocenters. The first-order valence-corrected chi connectivity index (χ1v) is 8.38. The summed E-state index contributed by atoms with van der Waals surface area (Å²) in [4.78, 5) is 12.0. The van der Waals surface area contributed by atoms with Crippen molar-refractivity contribution in [3.8, 4) is 12.3 Å². The lowest BCUT2D eigenvalue weighted by molar-refractivity contribution is 0.278. The van der Waals surface area contributed by atoms with Gasteiger partial charge in [0.2, 0.25) is 0 Å². The average molecular weight is 352 g/mol. The fraction of sp³-hybridized carbons (Fsp3) is 0.625. The molecular formula is C16H22BrN3O. The Bertz CT molecular complexity index is 568. The number of hydrogen-bond donors (Lipinski definition) is 1. The van der Waals surface area contributed by atoms with Gasteiger partial charge in [-0.3, -0.25) is 4.79 Å². The number of hydrogen-bond acceptors (Lipinski definition) is 3. The SMILES string of the molecule is C#CCn1ncc(NCC2CCC(CC)CC2)c(Br)c1=O. The Labute approximate surface area is 134 Å². The summed E-state index contributed by atoms with van der Waals surface area (Å²) in [5.41, 5.74) is 0.568. The van der Waals surface area contributed by atoms with Gasteiger partial charge in [0.15, 0.2) is 0 Å². The summed E-state index contributed by atoms with van der Waals surface area (Å²) in [5, 5.41) is 7.44. The van der Waals surface area contributed by atoms with E-state index in [9.17, 15) is 4.79 Å². The minimum absolute atomic E-state index is 0.187. The number of aromatic nitrogens is 2. The molecule has 1 aromatic heterocycles. The highest BCUT2D eigenvalue weighted by Crippen LogP contribution is 2.31. The first-order valence-electron chi connectivity index (χ1n) is 7.58. The highest BCUT2D eigenvalue weighted by atomic mass is 79.9. The molecule has 1 fully saturated rings. The molecule has 1 heterocycles. The van der Waals surface area contributed by atoms with Gasteiger partial charge in [0, 0.05) is 6.54 Å². The molecular weight excluding hydrogens is 330 g/mol. The first kappa shape index (κ1) is 16.1. The van der Waals surface area contributed by atoms with Crippen LogP contribution in [0, 0.1) is 24.2 Å². The fourth-order valence-electron chi connectivity index (χ4n) is 2.89. The van der Waals surface area contributed by atoms with Gasteiger partial charge in [0.05, 0.1) is 11.9 Å². The third-order valence-corrected chi connectivity index (χ3v) is 5.12. The molecule has 1 aromatic rings. The number of halogens is 1. The number of terminal acetylenes is 1. The van der Waals surface area contributed by atoms with Gasteiger partial charge in [-0.25, -0.2) is 4.68 Å². The highest BCUT2D eigenvalue weighted by molar-refractivity contribution is 9.10. The Morgan fingerprint density at radius 2 is 2.10 bits per heavy atom. The van der Waals surface area contributed by atoms with Gasteiger partial charge in [0.1, 0.15) is 11.0 Å². The molecule has 2 rings (SSSR count). The fourth-order valence-corrected chi connectivity index (χ4v) is 3.33. The Morgan fingerprint density at radius 3 is 2.71 bits per heavy atom. The molecule has 5 heteroatoms. The van der Waals surface area contributed by atoms with Crippen LogP contribution in [0.4, 0.5) is 5.69 Å². The van der Waals surface area contributed by atoms with Crippen molar-refractivity contribution < 1.29 is 0 Å². The molecule has 0 unspecified atom stereocenters. The Morgan fingerprint density at radius 1 is 1.43 bits per heavy atom. The van der Waals surface area contributed by atoms with Crippen LogP contribution in [0.1, 0.15) is 39.0 Å². The second-order valence-corrected chi connectivity index (χ2v) is 6.51. The van der Waals surface area contributed by atoms with E-state index in [1.807, 2.05) is 0 Å². The van der Waals surface area contributed by atoms with Crippen molar-refractivity contribution in [1.82, 2.24) is 9.78 Å². The van der Waals surface area contributed by atoms with Crippen molar-refractivity contribution in [1.29, 1.82) is 0 Å². The molecule has 114 valence electrons. The van der Waals surface area contributed by atoms with Gasteiger partial charge >= 0.3 is 0 Å². The topological polar surface area (TPSA) is 46.9 Å². The van der Waals surface area contributed by atoms with Gasteiger partial charge in [-0.1, -0.05) is 32.1 Å². The summed E-state index contributed by atoms with van der Waals surface area (Å²) < 4.78 is 1.79. The Kier molecular flexibility index (Phi) is 5.86. The predicted octanol–water partition coefficient (Wildman–Crippen LogP) is 3.27. The van der Waals surface area contributed by atoms with E-state index < -0.39 is 0 Å². The van der Waals surface area contributed by atoms with Crippen molar-refractivity contribution in [3.63, 3.8) is 0 Å². The summed E-state index contributed by atoms with van der Waals surface area (Å²) in [7, 11) is 0. The Hall–Kier alpha value is -1.28. The summed E-state index contributed by atoms with van der Waals surface area (Å²) in [6.07, 6.45) is 13.4. The third-order valence-electron chi connectivity index (χ3n) is 4.35. The molecule has 4 nitrogen and oxygen atoms in total. The van der Waals surface area contributed by atoms with Crippen LogP contribution in [0.5, 0.6) is 0 Å². The molecule has 1 N–H and O–H groups in total. The van der Waals surface area contributed by atoms with Crippen molar-refractivity contribution in [3.05, 3.63) is 21.0 Å². The van der Waals surface area contributed by atoms with E-state index in [1.54, 1.807) is 6.20 Å². The summed E-state index contributed by atoms with van der Waals surface area (Å²) in [5.74, 6) is 4.02. The van der Waals surface area contributed by atoms with Crippen molar-refractivity contribution >= 4 is 21.6 Å². The Balaban J connectivity index is 1.94. The minimum atomic E-state index is -0.187. The third kappa shape index (κ3) is 4.10. The van der Waals surface area contributed by atoms with Crippen molar-refractivity contribution in [2.24, 2.45) is 11.8 Å². The van der Waals surface area contributed by atoms with Crippen LogP contribution in [-0.2, 0) is 6.54 Å². The van der Waals surface area contributed by atoms with Gasteiger partial charge in [-0.2, -0.15) is 5.10 Å². The van der Waals surface area contributed by atoms with Crippen molar-refractivity contribution in [2.75, 3.05) is 11.9 Å². The van der Waals surface area contributed by atoms with E-state index in [0.717, 1.165) is 18.2 Å². The number of rotatable bonds is 5. The summed E-state index contributed by atoms with van der Waals surface area (Å²) in [6, 6.07) is 0. The smallest absolute Gasteiger partial charge is 0.284 e. The normalized spacial score (nSPS) is 21.8. The maximum atomic E-state index is 12.0. The number of nitrogens with one attached hydrogen (secondary N) is 1. The lowest BCUT2D eigenvalue weighted by atomic mass is 9.81. The molecule has 0 saturated heterocycles. The monoisotopic (exact) mass is 351 g/mol. The van der Waals surface area contributed by atoms with Crippen LogP contribution in [0.15, 0.2) is 15.5 Å². The molecule has 1 aliphatic rings. The van der Waals surface area contributed by atoms with Crippen LogP contribution < -0.4 is 10.9 Å². The molecule has 1 saturated carbocycles. The lowest BCUT2D eigenvalue weighted by Gasteiger charge is -2.28. The van der Waals surface area contributed by atoms with Gasteiger partial charge in [0.25, 0.3) is 5.56 Å². The number of nitrogens with zero attached hydrogens (tertiary/aromatic N) is 2. The second-order valence-electron chi connectivity index (χ2n) is 5.72. The molecule has 0 aliphatic heterocycles. The molecule has 0 radical (unpaired) electrons. The highest BCUT2D eigenvalue weighted by Gasteiger charge is 2.20. The summed E-state index contributed by atoms with van der Waals surface area (Å²) in [6.45, 7) is 3.37. The zero-order valence-electron chi connectivity index (χ0n) is 12.4. The van der Waals surface area contributed by atoms with Gasteiger partial charge in [-0.05, 0) is 40.6 Å². The molecule has 0 amide bonds. The molecule has 1 aliphatic carbocycles. The van der Waals surface area contributed by atoms with E-state index in [1.165, 1.54) is 36.8 Å². The van der Waals surface area contributed by atoms with E-state index in [4.69, 9.17) is 6.42 Å². The van der Waals surface area contributed by atoms with Crippen LogP contribution in [-0.4, -0.2) is 16.3 Å². The van der Waals surface area contributed by atoms with Crippen LogP contribution in [0.2, 0.25) is 0 Å². The first-order chi connectivity index (χ1) is 10.2. The standard InChI is InChI=1S/C16H22BrN3O/c1-3-9-20-16(21)15(17)14(11-19-20)18-10-13-7-5-12(4-2)6-8-13/h1,11-13,18H,4-10H2,2H3. The quantitative estimate of drug-likeness (QED) is 0.828. The van der Waals surface area contributed by atoms with Gasteiger partial charge in [-0.15, -0.1) is 6.42 Å². The predicted molar refractivity (Wildman–Crippen MR) is 89.3 cm³/mol. The summed E-state index contributed by atoms with van der Waals surface area (Å²) >= 11 is 3.34. The maximum Gasteiger partial charge on any atom is 0.284 e. The zero-order chi connectivity index (χ0) is 15.2. The zero-order valence-corrected chi connectivity index (χ0v) is 14.0. The molecule has 0 bridgehead atoms. The minimum Gasteiger partial charge on any atom is -0.382 e. The lowest BCUT2D eigenvalue weighted by Crippen LogP contribution is -2.26. The van der Waals surface area contributed by atoms with E-state index >= 15 is 0 Å². The van der Waals surface area contributed by atoms with Crippen LogP contribution in [0.3, 0.4) is 0 Å². The van der Waals surface area contributed by atoms with E-state index in [2.05, 4.69) is 39.2 Å². The van der Waals surface area contributed by atoms with E-state index in [-0.39, 0.29) is 12.1 Å². The van der Waals surface area contributed by atoms with Gasteiger partial charge < -0.3 is 5.32 Å². The van der Waals surface area contributed by atoms with Crippen LogP contribution >= 0.6 is 15.9 Å². The largest absolute Gasteiger partial charge is 0.382 e. The van der Waals surface area contributed by atoms with Crippen LogP contribution in [0.25, 0.3) is 0 Å². The second kappa shape index (κ2) is 7.65. The molecule has 21 heavy (non-hydrogen) atoms. The average Bonchev–Trinajstić information content (AvgIpc) is 2.52. The van der Waals surface area contributed by atoms with E-state index in [0.29, 0.717) is 10.4 Å². The molecule has 0 spiro atoms.